The van der Waals surface area contributed by atoms with Gasteiger partial charge in [-0.3, -0.25) is 14.5 Å². The lowest BCUT2D eigenvalue weighted by atomic mass is 10.1. The molecule has 6 heteroatoms. The van der Waals surface area contributed by atoms with Crippen LogP contribution in [0.1, 0.15) is 18.9 Å². The Labute approximate surface area is 127 Å². The van der Waals surface area contributed by atoms with Gasteiger partial charge >= 0.3 is 0 Å². The average Bonchev–Trinajstić information content (AvgIpc) is 3.09. The van der Waals surface area contributed by atoms with Crippen LogP contribution in [0.15, 0.2) is 47.5 Å². The zero-order valence-electron chi connectivity index (χ0n) is 12.1. The molecule has 1 fully saturated rings. The lowest BCUT2D eigenvalue weighted by Gasteiger charge is -2.32. The number of anilines is 1. The Morgan fingerprint density at radius 1 is 1.14 bits per heavy atom. The number of para-hydroxylation sites is 1. The van der Waals surface area contributed by atoms with Crippen molar-refractivity contribution in [1.29, 1.82) is 0 Å². The summed E-state index contributed by atoms with van der Waals surface area (Å²) in [7, 11) is 0. The molecular formula is C16H17N5O. The number of hydrogen-bond acceptors (Lipinski definition) is 4. The fourth-order valence-electron chi connectivity index (χ4n) is 3.06. The molecular weight excluding hydrogens is 278 g/mol. The number of hydrogen-bond donors (Lipinski definition) is 1. The van der Waals surface area contributed by atoms with Crippen LogP contribution >= 0.6 is 0 Å². The number of aromatic amines is 1. The Morgan fingerprint density at radius 3 is 2.73 bits per heavy atom. The van der Waals surface area contributed by atoms with Crippen molar-refractivity contribution in [2.45, 2.75) is 18.9 Å². The Balaban J connectivity index is 1.57. The fraction of sp³-hybridized carbons (Fsp3) is 0.312. The second-order valence-corrected chi connectivity index (χ2v) is 5.61. The van der Waals surface area contributed by atoms with Crippen LogP contribution in [0, 0.1) is 0 Å². The first-order valence-corrected chi connectivity index (χ1v) is 7.54. The smallest absolute Gasteiger partial charge is 0.260 e. The first-order valence-electron chi connectivity index (χ1n) is 7.54. The molecule has 0 spiro atoms. The van der Waals surface area contributed by atoms with Gasteiger partial charge in [-0.2, -0.15) is 5.10 Å². The van der Waals surface area contributed by atoms with Gasteiger partial charge in [0.15, 0.2) is 0 Å². The molecule has 1 saturated heterocycles. The Kier molecular flexibility index (Phi) is 3.14. The standard InChI is InChI=1S/C16H17N5O/c22-15-13-4-1-2-5-14(13)18-16(19-15)20-10-6-12(7-11-20)21-9-3-8-17-21/h1-5,8-9,12H,6-7,10-11H2,(H,18,19,22). The zero-order valence-corrected chi connectivity index (χ0v) is 12.1. The van der Waals surface area contributed by atoms with E-state index in [1.54, 1.807) is 6.07 Å². The maximum absolute atomic E-state index is 12.2. The SMILES string of the molecule is O=c1[nH]c(N2CCC(n3cccn3)CC2)nc2ccccc12. The molecule has 3 aromatic rings. The van der Waals surface area contributed by atoms with E-state index < -0.39 is 0 Å². The molecule has 1 aliphatic rings. The second-order valence-electron chi connectivity index (χ2n) is 5.61. The van der Waals surface area contributed by atoms with Gasteiger partial charge in [0.05, 0.1) is 16.9 Å². The third-order valence-corrected chi connectivity index (χ3v) is 4.26. The first kappa shape index (κ1) is 13.1. The molecule has 2 aromatic heterocycles. The molecule has 1 aromatic carbocycles. The zero-order chi connectivity index (χ0) is 14.9. The summed E-state index contributed by atoms with van der Waals surface area (Å²) in [4.78, 5) is 21.8. The maximum Gasteiger partial charge on any atom is 0.260 e. The molecule has 6 nitrogen and oxygen atoms in total. The summed E-state index contributed by atoms with van der Waals surface area (Å²) in [5.41, 5.74) is 0.672. The molecule has 0 atom stereocenters. The van der Waals surface area contributed by atoms with Crippen LogP contribution in [-0.2, 0) is 0 Å². The van der Waals surface area contributed by atoms with Gasteiger partial charge in [-0.05, 0) is 31.0 Å². The van der Waals surface area contributed by atoms with Crippen molar-refractivity contribution in [1.82, 2.24) is 19.7 Å². The number of fused-ring (bicyclic) bond motifs is 1. The van der Waals surface area contributed by atoms with E-state index in [2.05, 4.69) is 20.0 Å². The van der Waals surface area contributed by atoms with Gasteiger partial charge in [0.2, 0.25) is 5.95 Å². The van der Waals surface area contributed by atoms with E-state index in [0.29, 0.717) is 17.4 Å². The van der Waals surface area contributed by atoms with Gasteiger partial charge < -0.3 is 4.90 Å². The summed E-state index contributed by atoms with van der Waals surface area (Å²) in [5, 5.41) is 4.95. The van der Waals surface area contributed by atoms with Crippen LogP contribution in [0.3, 0.4) is 0 Å². The third kappa shape index (κ3) is 2.26. The van der Waals surface area contributed by atoms with Gasteiger partial charge in [0.25, 0.3) is 5.56 Å². The topological polar surface area (TPSA) is 66.8 Å². The van der Waals surface area contributed by atoms with Crippen molar-refractivity contribution in [3.63, 3.8) is 0 Å². The molecule has 4 rings (SSSR count). The number of aromatic nitrogens is 4. The molecule has 112 valence electrons. The number of piperidine rings is 1. The summed E-state index contributed by atoms with van der Waals surface area (Å²) in [6.07, 6.45) is 5.82. The van der Waals surface area contributed by atoms with Crippen molar-refractivity contribution >= 4 is 16.9 Å². The van der Waals surface area contributed by atoms with Crippen molar-refractivity contribution in [2.24, 2.45) is 0 Å². The van der Waals surface area contributed by atoms with Crippen LogP contribution in [0.4, 0.5) is 5.95 Å². The van der Waals surface area contributed by atoms with E-state index in [9.17, 15) is 4.79 Å². The summed E-state index contributed by atoms with van der Waals surface area (Å²) >= 11 is 0. The monoisotopic (exact) mass is 295 g/mol. The lowest BCUT2D eigenvalue weighted by molar-refractivity contribution is 0.365. The minimum atomic E-state index is -0.0743. The van der Waals surface area contributed by atoms with Crippen molar-refractivity contribution < 1.29 is 0 Å². The van der Waals surface area contributed by atoms with E-state index >= 15 is 0 Å². The van der Waals surface area contributed by atoms with Crippen LogP contribution < -0.4 is 10.5 Å². The second kappa shape index (κ2) is 5.29. The number of H-pyrrole nitrogens is 1. The van der Waals surface area contributed by atoms with E-state index in [-0.39, 0.29) is 5.56 Å². The number of rotatable bonds is 2. The number of nitrogens with one attached hydrogen (secondary N) is 1. The van der Waals surface area contributed by atoms with E-state index in [4.69, 9.17) is 0 Å². The Morgan fingerprint density at radius 2 is 1.95 bits per heavy atom. The molecule has 0 bridgehead atoms. The molecule has 1 N–H and O–H groups in total. The highest BCUT2D eigenvalue weighted by Gasteiger charge is 2.22. The Hall–Kier alpha value is -2.63. The average molecular weight is 295 g/mol. The minimum absolute atomic E-state index is 0.0743. The largest absolute Gasteiger partial charge is 0.342 e. The fourth-order valence-corrected chi connectivity index (χ4v) is 3.06. The molecule has 0 radical (unpaired) electrons. The van der Waals surface area contributed by atoms with Gasteiger partial charge in [-0.15, -0.1) is 0 Å². The summed E-state index contributed by atoms with van der Waals surface area (Å²) in [6.45, 7) is 1.73. The van der Waals surface area contributed by atoms with E-state index in [1.807, 2.05) is 41.3 Å². The van der Waals surface area contributed by atoms with Crippen LogP contribution in [0.2, 0.25) is 0 Å². The predicted molar refractivity (Wildman–Crippen MR) is 85.1 cm³/mol. The summed E-state index contributed by atoms with van der Waals surface area (Å²) < 4.78 is 2.02. The van der Waals surface area contributed by atoms with Crippen molar-refractivity contribution in [2.75, 3.05) is 18.0 Å². The molecule has 3 heterocycles. The normalized spacial score (nSPS) is 16.3. The van der Waals surface area contributed by atoms with Gasteiger partial charge in [-0.1, -0.05) is 12.1 Å². The predicted octanol–water partition coefficient (Wildman–Crippen LogP) is 1.96. The van der Waals surface area contributed by atoms with Crippen molar-refractivity contribution in [3.8, 4) is 0 Å². The van der Waals surface area contributed by atoms with E-state index in [1.165, 1.54) is 0 Å². The number of benzene rings is 1. The van der Waals surface area contributed by atoms with Gasteiger partial charge in [-0.25, -0.2) is 4.98 Å². The highest BCUT2D eigenvalue weighted by atomic mass is 16.1. The number of nitrogens with zero attached hydrogens (tertiary/aromatic N) is 4. The minimum Gasteiger partial charge on any atom is -0.342 e. The van der Waals surface area contributed by atoms with Crippen LogP contribution in [0.25, 0.3) is 10.9 Å². The maximum atomic E-state index is 12.2. The molecule has 0 aliphatic carbocycles. The van der Waals surface area contributed by atoms with Crippen LogP contribution in [-0.4, -0.2) is 32.8 Å². The van der Waals surface area contributed by atoms with Gasteiger partial charge in [0.1, 0.15) is 0 Å². The highest BCUT2D eigenvalue weighted by Crippen LogP contribution is 2.24. The van der Waals surface area contributed by atoms with Crippen molar-refractivity contribution in [3.05, 3.63) is 53.1 Å². The summed E-state index contributed by atoms with van der Waals surface area (Å²) in [6, 6.07) is 9.82. The molecule has 1 aliphatic heterocycles. The quantitative estimate of drug-likeness (QED) is 0.785. The third-order valence-electron chi connectivity index (χ3n) is 4.26. The van der Waals surface area contributed by atoms with E-state index in [0.717, 1.165) is 31.4 Å². The first-order chi connectivity index (χ1) is 10.8. The molecule has 0 unspecified atom stereocenters. The van der Waals surface area contributed by atoms with Crippen LogP contribution in [0.5, 0.6) is 0 Å². The molecule has 0 amide bonds. The molecule has 0 saturated carbocycles. The lowest BCUT2D eigenvalue weighted by Crippen LogP contribution is -2.36. The highest BCUT2D eigenvalue weighted by molar-refractivity contribution is 5.78. The Bertz CT molecular complexity index is 831. The summed E-state index contributed by atoms with van der Waals surface area (Å²) in [5.74, 6) is 0.669. The van der Waals surface area contributed by atoms with Gasteiger partial charge in [0, 0.05) is 25.5 Å². The molecule has 22 heavy (non-hydrogen) atoms.